The lowest BCUT2D eigenvalue weighted by molar-refractivity contribution is 0.206. The SMILES string of the molecule is CCCn1nccc1C1C(CNC)CCN1C1CC1. The van der Waals surface area contributed by atoms with Gasteiger partial charge in [0.25, 0.3) is 0 Å². The van der Waals surface area contributed by atoms with Crippen LogP contribution in [0.15, 0.2) is 12.3 Å². The van der Waals surface area contributed by atoms with Crippen molar-refractivity contribution in [3.63, 3.8) is 0 Å². The summed E-state index contributed by atoms with van der Waals surface area (Å²) in [6, 6.07) is 3.66. The maximum absolute atomic E-state index is 4.53. The Balaban J connectivity index is 1.85. The molecule has 19 heavy (non-hydrogen) atoms. The molecule has 2 unspecified atom stereocenters. The van der Waals surface area contributed by atoms with Crippen molar-refractivity contribution in [1.29, 1.82) is 0 Å². The van der Waals surface area contributed by atoms with Gasteiger partial charge in [-0.3, -0.25) is 9.58 Å². The van der Waals surface area contributed by atoms with Crippen molar-refractivity contribution in [2.45, 2.75) is 51.2 Å². The average molecular weight is 262 g/mol. The lowest BCUT2D eigenvalue weighted by Gasteiger charge is -2.29. The van der Waals surface area contributed by atoms with Crippen molar-refractivity contribution in [1.82, 2.24) is 20.0 Å². The minimum Gasteiger partial charge on any atom is -0.319 e. The zero-order chi connectivity index (χ0) is 13.2. The van der Waals surface area contributed by atoms with Gasteiger partial charge in [0.15, 0.2) is 0 Å². The van der Waals surface area contributed by atoms with E-state index in [1.807, 2.05) is 6.20 Å². The standard InChI is InChI=1S/C15H26N4/c1-3-9-19-14(6-8-17-19)15-12(11-16-2)7-10-18(15)13-4-5-13/h6,8,12-13,15-16H,3-5,7,9-11H2,1-2H3. The Morgan fingerprint density at radius 1 is 1.37 bits per heavy atom. The Labute approximate surface area is 116 Å². The Morgan fingerprint density at radius 2 is 2.21 bits per heavy atom. The normalized spacial score (nSPS) is 28.1. The van der Waals surface area contributed by atoms with E-state index in [2.05, 4.69) is 40.0 Å². The van der Waals surface area contributed by atoms with Crippen molar-refractivity contribution in [3.05, 3.63) is 18.0 Å². The predicted molar refractivity (Wildman–Crippen MR) is 77.0 cm³/mol. The van der Waals surface area contributed by atoms with Gasteiger partial charge in [-0.1, -0.05) is 6.92 Å². The molecule has 1 aromatic rings. The fourth-order valence-electron chi connectivity index (χ4n) is 3.58. The molecule has 0 aromatic carbocycles. The van der Waals surface area contributed by atoms with Gasteiger partial charge < -0.3 is 5.32 Å². The molecule has 2 heterocycles. The molecule has 0 amide bonds. The number of hydrogen-bond acceptors (Lipinski definition) is 3. The van der Waals surface area contributed by atoms with E-state index in [-0.39, 0.29) is 0 Å². The molecule has 1 N–H and O–H groups in total. The van der Waals surface area contributed by atoms with Gasteiger partial charge in [0.1, 0.15) is 0 Å². The summed E-state index contributed by atoms with van der Waals surface area (Å²) in [4.78, 5) is 2.74. The third kappa shape index (κ3) is 2.56. The van der Waals surface area contributed by atoms with E-state index in [4.69, 9.17) is 0 Å². The third-order valence-corrected chi connectivity index (χ3v) is 4.53. The first kappa shape index (κ1) is 13.1. The summed E-state index contributed by atoms with van der Waals surface area (Å²) < 4.78 is 2.23. The van der Waals surface area contributed by atoms with Crippen LogP contribution in [0, 0.1) is 5.92 Å². The Kier molecular flexibility index (Phi) is 3.89. The highest BCUT2D eigenvalue weighted by atomic mass is 15.3. The zero-order valence-electron chi connectivity index (χ0n) is 12.2. The zero-order valence-corrected chi connectivity index (χ0v) is 12.2. The summed E-state index contributed by atoms with van der Waals surface area (Å²) in [5, 5.41) is 7.91. The second-order valence-electron chi connectivity index (χ2n) is 6.00. The minimum atomic E-state index is 0.578. The minimum absolute atomic E-state index is 0.578. The van der Waals surface area contributed by atoms with E-state index in [9.17, 15) is 0 Å². The molecule has 2 aliphatic rings. The maximum Gasteiger partial charge on any atom is 0.0561 e. The van der Waals surface area contributed by atoms with Crippen LogP contribution in [-0.2, 0) is 6.54 Å². The van der Waals surface area contributed by atoms with E-state index < -0.39 is 0 Å². The molecule has 4 nitrogen and oxygen atoms in total. The smallest absolute Gasteiger partial charge is 0.0561 e. The Bertz CT molecular complexity index is 410. The van der Waals surface area contributed by atoms with E-state index in [1.165, 1.54) is 31.5 Å². The largest absolute Gasteiger partial charge is 0.319 e. The number of aryl methyl sites for hydroxylation is 1. The van der Waals surface area contributed by atoms with Crippen LogP contribution < -0.4 is 5.32 Å². The van der Waals surface area contributed by atoms with E-state index in [0.29, 0.717) is 6.04 Å². The van der Waals surface area contributed by atoms with Crippen LogP contribution in [0.3, 0.4) is 0 Å². The van der Waals surface area contributed by atoms with Crippen LogP contribution in [0.4, 0.5) is 0 Å². The van der Waals surface area contributed by atoms with Crippen LogP contribution in [0.1, 0.15) is 44.3 Å². The molecule has 1 saturated heterocycles. The first-order valence-electron chi connectivity index (χ1n) is 7.77. The number of nitrogens with one attached hydrogen (secondary N) is 1. The summed E-state index contributed by atoms with van der Waals surface area (Å²) in [5.41, 5.74) is 1.44. The summed E-state index contributed by atoms with van der Waals surface area (Å²) >= 11 is 0. The van der Waals surface area contributed by atoms with Gasteiger partial charge in [-0.25, -0.2) is 0 Å². The van der Waals surface area contributed by atoms with Crippen molar-refractivity contribution >= 4 is 0 Å². The van der Waals surface area contributed by atoms with Crippen molar-refractivity contribution in [3.8, 4) is 0 Å². The number of nitrogens with zero attached hydrogens (tertiary/aromatic N) is 3. The number of likely N-dealkylation sites (tertiary alicyclic amines) is 1. The van der Waals surface area contributed by atoms with Crippen molar-refractivity contribution in [2.24, 2.45) is 5.92 Å². The highest BCUT2D eigenvalue weighted by Gasteiger charge is 2.43. The van der Waals surface area contributed by atoms with Crippen LogP contribution in [0.2, 0.25) is 0 Å². The van der Waals surface area contributed by atoms with Gasteiger partial charge in [-0.2, -0.15) is 5.10 Å². The summed E-state index contributed by atoms with van der Waals surface area (Å²) in [6.45, 7) is 5.65. The van der Waals surface area contributed by atoms with Gasteiger partial charge in [0, 0.05) is 18.8 Å². The Hall–Kier alpha value is -0.870. The topological polar surface area (TPSA) is 33.1 Å². The molecular formula is C15H26N4. The highest BCUT2D eigenvalue weighted by molar-refractivity contribution is 5.13. The first-order valence-corrected chi connectivity index (χ1v) is 7.77. The molecule has 0 spiro atoms. The number of aromatic nitrogens is 2. The molecule has 3 rings (SSSR count). The summed E-state index contributed by atoms with van der Waals surface area (Å²) in [7, 11) is 2.07. The molecule has 1 aromatic heterocycles. The van der Waals surface area contributed by atoms with Crippen LogP contribution in [0.25, 0.3) is 0 Å². The lowest BCUT2D eigenvalue weighted by atomic mass is 9.97. The van der Waals surface area contributed by atoms with E-state index in [0.717, 1.165) is 31.5 Å². The van der Waals surface area contributed by atoms with Crippen LogP contribution in [0.5, 0.6) is 0 Å². The molecule has 1 saturated carbocycles. The predicted octanol–water partition coefficient (Wildman–Crippen LogP) is 2.04. The van der Waals surface area contributed by atoms with E-state index >= 15 is 0 Å². The second-order valence-corrected chi connectivity index (χ2v) is 6.00. The summed E-state index contributed by atoms with van der Waals surface area (Å²) in [5.74, 6) is 0.734. The molecular weight excluding hydrogens is 236 g/mol. The monoisotopic (exact) mass is 262 g/mol. The maximum atomic E-state index is 4.53. The highest BCUT2D eigenvalue weighted by Crippen LogP contribution is 2.43. The lowest BCUT2D eigenvalue weighted by Crippen LogP contribution is -2.32. The van der Waals surface area contributed by atoms with Gasteiger partial charge in [-0.15, -0.1) is 0 Å². The molecule has 106 valence electrons. The van der Waals surface area contributed by atoms with Gasteiger partial charge in [0.05, 0.1) is 11.7 Å². The van der Waals surface area contributed by atoms with Crippen molar-refractivity contribution < 1.29 is 0 Å². The quantitative estimate of drug-likeness (QED) is 0.851. The number of rotatable bonds is 6. The summed E-state index contributed by atoms with van der Waals surface area (Å²) in [6.07, 6.45) is 7.24. The number of hydrogen-bond donors (Lipinski definition) is 1. The molecule has 4 heteroatoms. The first-order chi connectivity index (χ1) is 9.35. The van der Waals surface area contributed by atoms with Crippen LogP contribution >= 0.6 is 0 Å². The second kappa shape index (κ2) is 5.63. The average Bonchev–Trinajstić information content (AvgIpc) is 3.02. The van der Waals surface area contributed by atoms with Gasteiger partial charge >= 0.3 is 0 Å². The molecule has 1 aliphatic carbocycles. The van der Waals surface area contributed by atoms with Gasteiger partial charge in [-0.05, 0) is 57.8 Å². The van der Waals surface area contributed by atoms with Gasteiger partial charge in [0.2, 0.25) is 0 Å². The fraction of sp³-hybridized carbons (Fsp3) is 0.800. The Morgan fingerprint density at radius 3 is 2.89 bits per heavy atom. The van der Waals surface area contributed by atoms with Crippen LogP contribution in [-0.4, -0.2) is 40.9 Å². The molecule has 2 fully saturated rings. The molecule has 1 aliphatic heterocycles. The molecule has 2 atom stereocenters. The third-order valence-electron chi connectivity index (χ3n) is 4.53. The molecule has 0 radical (unpaired) electrons. The van der Waals surface area contributed by atoms with Crippen molar-refractivity contribution in [2.75, 3.05) is 20.1 Å². The fourth-order valence-corrected chi connectivity index (χ4v) is 3.58. The van der Waals surface area contributed by atoms with E-state index in [1.54, 1.807) is 0 Å². The molecule has 0 bridgehead atoms.